The summed E-state index contributed by atoms with van der Waals surface area (Å²) in [6.07, 6.45) is 18.2. The van der Waals surface area contributed by atoms with Crippen LogP contribution in [0.15, 0.2) is 157 Å². The number of rotatable bonds is 2. The maximum absolute atomic E-state index is 6.27. The number of nitrogens with two attached hydrogens (primary N) is 2. The van der Waals surface area contributed by atoms with Crippen LogP contribution in [0.3, 0.4) is 0 Å². The molecule has 40 heavy (non-hydrogen) atoms. The molecule has 0 aromatic heterocycles. The van der Waals surface area contributed by atoms with Crippen molar-refractivity contribution < 1.29 is 0 Å². The molecular formula is C38H38N2. The fourth-order valence-electron chi connectivity index (χ4n) is 4.47. The predicted molar refractivity (Wildman–Crippen MR) is 174 cm³/mol. The molecule has 4 aromatic carbocycles. The van der Waals surface area contributed by atoms with E-state index in [1.165, 1.54) is 21.9 Å². The molecule has 0 spiro atoms. The largest absolute Gasteiger partial charge is 0.398 e. The zero-order valence-corrected chi connectivity index (χ0v) is 23.4. The molecule has 2 heteroatoms. The molecule has 2 aliphatic carbocycles. The summed E-state index contributed by atoms with van der Waals surface area (Å²) in [5.41, 5.74) is 21.2. The lowest BCUT2D eigenvalue weighted by atomic mass is 9.97. The highest BCUT2D eigenvalue weighted by Gasteiger charge is 2.07. The first kappa shape index (κ1) is 28.2. The second-order valence-electron chi connectivity index (χ2n) is 9.94. The summed E-state index contributed by atoms with van der Waals surface area (Å²) in [7, 11) is 0. The third kappa shape index (κ3) is 8.09. The number of hydrogen-bond acceptors (Lipinski definition) is 2. The van der Waals surface area contributed by atoms with Crippen LogP contribution in [0.2, 0.25) is 0 Å². The number of benzene rings is 4. The average Bonchev–Trinajstić information content (AvgIpc) is 3.02. The van der Waals surface area contributed by atoms with E-state index in [-0.39, 0.29) is 0 Å². The first-order valence-electron chi connectivity index (χ1n) is 13.7. The zero-order chi connectivity index (χ0) is 28.2. The SMILES string of the molecule is Cc1ccc2ccccc2c1.Cc1ccccc1.N/C(=C1/C=CC=CC1)c1ccc(/C(N)=C2\C=CC=CC2)cc1. The van der Waals surface area contributed by atoms with Crippen molar-refractivity contribution in [2.75, 3.05) is 0 Å². The van der Waals surface area contributed by atoms with Gasteiger partial charge in [0.2, 0.25) is 0 Å². The molecule has 0 saturated heterocycles. The molecule has 6 rings (SSSR count). The molecule has 200 valence electrons. The molecule has 0 aliphatic heterocycles. The van der Waals surface area contributed by atoms with E-state index in [2.05, 4.69) is 92.7 Å². The Kier molecular flexibility index (Phi) is 10.1. The van der Waals surface area contributed by atoms with Crippen LogP contribution in [-0.2, 0) is 0 Å². The van der Waals surface area contributed by atoms with Gasteiger partial charge in [-0.1, -0.05) is 157 Å². The summed E-state index contributed by atoms with van der Waals surface area (Å²) in [5.74, 6) is 0. The van der Waals surface area contributed by atoms with Gasteiger partial charge in [0.1, 0.15) is 0 Å². The van der Waals surface area contributed by atoms with Gasteiger partial charge in [-0.3, -0.25) is 0 Å². The van der Waals surface area contributed by atoms with E-state index >= 15 is 0 Å². The first-order valence-corrected chi connectivity index (χ1v) is 13.7. The zero-order valence-electron chi connectivity index (χ0n) is 23.4. The van der Waals surface area contributed by atoms with Gasteiger partial charge >= 0.3 is 0 Å². The summed E-state index contributed by atoms with van der Waals surface area (Å²) in [4.78, 5) is 0. The number of aryl methyl sites for hydroxylation is 2. The molecule has 4 N–H and O–H groups in total. The van der Waals surface area contributed by atoms with Crippen molar-refractivity contribution in [3.8, 4) is 0 Å². The Hall–Kier alpha value is -4.82. The highest BCUT2D eigenvalue weighted by molar-refractivity contribution is 5.82. The van der Waals surface area contributed by atoms with Crippen molar-refractivity contribution in [2.24, 2.45) is 11.5 Å². The van der Waals surface area contributed by atoms with Gasteiger partial charge in [-0.05, 0) is 59.7 Å². The van der Waals surface area contributed by atoms with Crippen molar-refractivity contribution in [1.29, 1.82) is 0 Å². The molecule has 0 heterocycles. The van der Waals surface area contributed by atoms with Crippen molar-refractivity contribution in [2.45, 2.75) is 26.7 Å². The van der Waals surface area contributed by atoms with Crippen LogP contribution in [0, 0.1) is 13.8 Å². The van der Waals surface area contributed by atoms with Gasteiger partial charge in [-0.15, -0.1) is 0 Å². The summed E-state index contributed by atoms with van der Waals surface area (Å²) < 4.78 is 0. The van der Waals surface area contributed by atoms with E-state index in [0.717, 1.165) is 46.5 Å². The minimum absolute atomic E-state index is 0.832. The normalized spacial score (nSPS) is 15.9. The second kappa shape index (κ2) is 14.4. The third-order valence-corrected chi connectivity index (χ3v) is 6.81. The second-order valence-corrected chi connectivity index (χ2v) is 9.94. The first-order chi connectivity index (χ1) is 19.5. The van der Waals surface area contributed by atoms with Gasteiger partial charge in [-0.25, -0.2) is 0 Å². The maximum atomic E-state index is 6.27. The molecule has 2 nitrogen and oxygen atoms in total. The number of allylic oxidation sites excluding steroid dienone is 10. The summed E-state index contributed by atoms with van der Waals surface area (Å²) in [5, 5.41) is 2.64. The van der Waals surface area contributed by atoms with Gasteiger partial charge in [0.25, 0.3) is 0 Å². The molecule has 0 bridgehead atoms. The van der Waals surface area contributed by atoms with Crippen molar-refractivity contribution in [3.05, 3.63) is 179 Å². The molecule has 0 amide bonds. The predicted octanol–water partition coefficient (Wildman–Crippen LogP) is 9.20. The number of fused-ring (bicyclic) bond motifs is 1. The lowest BCUT2D eigenvalue weighted by molar-refractivity contribution is 1.24. The maximum Gasteiger partial charge on any atom is 0.0423 e. The topological polar surface area (TPSA) is 52.0 Å². The quantitative estimate of drug-likeness (QED) is 0.276. The lowest BCUT2D eigenvalue weighted by Gasteiger charge is -2.12. The van der Waals surface area contributed by atoms with E-state index in [0.29, 0.717) is 0 Å². The van der Waals surface area contributed by atoms with Crippen LogP contribution in [0.5, 0.6) is 0 Å². The van der Waals surface area contributed by atoms with E-state index < -0.39 is 0 Å². The fraction of sp³-hybridized carbons (Fsp3) is 0.105. The van der Waals surface area contributed by atoms with Crippen LogP contribution < -0.4 is 11.5 Å². The molecular weight excluding hydrogens is 484 g/mol. The molecule has 0 saturated carbocycles. The van der Waals surface area contributed by atoms with E-state index in [1.54, 1.807) is 0 Å². The fourth-order valence-corrected chi connectivity index (χ4v) is 4.47. The van der Waals surface area contributed by atoms with Crippen LogP contribution in [0.4, 0.5) is 0 Å². The van der Waals surface area contributed by atoms with E-state index in [9.17, 15) is 0 Å². The Morgan fingerprint density at radius 1 is 0.500 bits per heavy atom. The molecule has 4 aromatic rings. The van der Waals surface area contributed by atoms with Crippen molar-refractivity contribution >= 4 is 22.2 Å². The van der Waals surface area contributed by atoms with Crippen molar-refractivity contribution in [3.63, 3.8) is 0 Å². The molecule has 0 atom stereocenters. The van der Waals surface area contributed by atoms with Gasteiger partial charge in [0, 0.05) is 11.4 Å². The van der Waals surface area contributed by atoms with E-state index in [1.807, 2.05) is 66.8 Å². The molecule has 0 fully saturated rings. The van der Waals surface area contributed by atoms with Crippen LogP contribution in [-0.4, -0.2) is 0 Å². The van der Waals surface area contributed by atoms with Gasteiger partial charge < -0.3 is 11.5 Å². The lowest BCUT2D eigenvalue weighted by Crippen LogP contribution is -2.04. The summed E-state index contributed by atoms with van der Waals surface area (Å²) in [6.45, 7) is 4.20. The monoisotopic (exact) mass is 522 g/mol. The van der Waals surface area contributed by atoms with Crippen LogP contribution in [0.1, 0.15) is 35.1 Å². The van der Waals surface area contributed by atoms with Gasteiger partial charge in [0.15, 0.2) is 0 Å². The van der Waals surface area contributed by atoms with Crippen LogP contribution >= 0.6 is 0 Å². The Labute approximate surface area is 239 Å². The smallest absolute Gasteiger partial charge is 0.0423 e. The summed E-state index contributed by atoms with van der Waals surface area (Å²) in [6, 6.07) is 33.3. The van der Waals surface area contributed by atoms with Crippen LogP contribution in [0.25, 0.3) is 22.2 Å². The summed E-state index contributed by atoms with van der Waals surface area (Å²) >= 11 is 0. The van der Waals surface area contributed by atoms with Gasteiger partial charge in [-0.2, -0.15) is 0 Å². The minimum Gasteiger partial charge on any atom is -0.398 e. The highest BCUT2D eigenvalue weighted by atomic mass is 14.6. The Balaban J connectivity index is 0.000000168. The number of hydrogen-bond donors (Lipinski definition) is 2. The molecule has 0 unspecified atom stereocenters. The Morgan fingerprint density at radius 2 is 1.00 bits per heavy atom. The van der Waals surface area contributed by atoms with E-state index in [4.69, 9.17) is 11.5 Å². The van der Waals surface area contributed by atoms with Gasteiger partial charge in [0.05, 0.1) is 0 Å². The average molecular weight is 523 g/mol. The molecule has 0 radical (unpaired) electrons. The Bertz CT molecular complexity index is 1530. The third-order valence-electron chi connectivity index (χ3n) is 6.81. The Morgan fingerprint density at radius 3 is 1.45 bits per heavy atom. The van der Waals surface area contributed by atoms with Crippen molar-refractivity contribution in [1.82, 2.24) is 0 Å². The minimum atomic E-state index is 0.832. The highest BCUT2D eigenvalue weighted by Crippen LogP contribution is 2.24. The standard InChI is InChI=1S/C20H20N2.C11H10.C7H8/c21-19(15-7-3-1-4-8-15)17-11-13-18(14-12-17)20(22)16-9-5-2-6-10-16;1-9-6-7-10-4-2-3-5-11(10)8-9;1-7-5-3-2-4-6-7/h1-7,9,11-14H,8,10,21-22H2;2-8H,1H3;2-6H,1H3/b19-15-,20-16-;;. The molecule has 2 aliphatic rings.